The highest BCUT2D eigenvalue weighted by Gasteiger charge is 2.47. The summed E-state index contributed by atoms with van der Waals surface area (Å²) in [6, 6.07) is 8.74. The van der Waals surface area contributed by atoms with Gasteiger partial charge in [0.1, 0.15) is 11.6 Å². The van der Waals surface area contributed by atoms with E-state index in [9.17, 15) is 13.2 Å². The van der Waals surface area contributed by atoms with Gasteiger partial charge >= 0.3 is 0 Å². The first-order valence-electron chi connectivity index (χ1n) is 15.8. The van der Waals surface area contributed by atoms with E-state index in [1.54, 1.807) is 38.3 Å². The molecule has 10 heteroatoms. The Morgan fingerprint density at radius 3 is 2.70 bits per heavy atom. The van der Waals surface area contributed by atoms with E-state index in [1.807, 2.05) is 13.0 Å². The van der Waals surface area contributed by atoms with Gasteiger partial charge in [0.15, 0.2) is 0 Å². The molecule has 1 spiro atoms. The lowest BCUT2D eigenvalue weighted by molar-refractivity contribution is -0.000492. The summed E-state index contributed by atoms with van der Waals surface area (Å²) in [4.78, 5) is 15.7. The number of allylic oxidation sites excluding steroid dienone is 1. The number of fused-ring (bicyclic) bond motifs is 6. The first-order chi connectivity index (χ1) is 21.0. The molecule has 1 amide bonds. The molecule has 0 radical (unpaired) electrons. The number of hydrogen-bond donors (Lipinski definition) is 1. The Morgan fingerprint density at radius 1 is 1.18 bits per heavy atom. The zero-order valence-electron chi connectivity index (χ0n) is 25.4. The maximum absolute atomic E-state index is 15.3. The number of carbonyl (C=O) groups excluding carboxylic acids is 1. The predicted octanol–water partition coefficient (Wildman–Crippen LogP) is 6.04. The second-order valence-electron chi connectivity index (χ2n) is 13.7. The number of amides is 1. The van der Waals surface area contributed by atoms with Crippen molar-refractivity contribution in [2.75, 3.05) is 31.7 Å². The molecule has 1 N–H and O–H groups in total. The molecule has 1 saturated carbocycles. The lowest BCUT2D eigenvalue weighted by Crippen LogP contribution is -2.50. The van der Waals surface area contributed by atoms with E-state index in [1.165, 1.54) is 5.57 Å². The van der Waals surface area contributed by atoms with Crippen molar-refractivity contribution < 1.29 is 27.1 Å². The fourth-order valence-corrected chi connectivity index (χ4v) is 9.87. The van der Waals surface area contributed by atoms with Crippen molar-refractivity contribution in [3.63, 3.8) is 0 Å². The Hall–Kier alpha value is -2.62. The highest BCUT2D eigenvalue weighted by atomic mass is 35.5. The van der Waals surface area contributed by atoms with E-state index >= 15 is 4.39 Å². The Balaban J connectivity index is 1.32. The molecule has 44 heavy (non-hydrogen) atoms. The largest absolute Gasteiger partial charge is 0.490 e. The molecule has 1 fully saturated rings. The molecule has 0 saturated heterocycles. The van der Waals surface area contributed by atoms with Gasteiger partial charge in [-0.05, 0) is 110 Å². The van der Waals surface area contributed by atoms with Crippen molar-refractivity contribution in [3.8, 4) is 5.75 Å². The molecule has 2 aromatic carbocycles. The van der Waals surface area contributed by atoms with Gasteiger partial charge in [0.2, 0.25) is 10.0 Å². The third-order valence-electron chi connectivity index (χ3n) is 11.4. The van der Waals surface area contributed by atoms with Crippen molar-refractivity contribution >= 4 is 33.2 Å². The number of benzene rings is 2. The summed E-state index contributed by atoms with van der Waals surface area (Å²) in [6.45, 7) is 5.29. The Morgan fingerprint density at radius 2 is 1.98 bits per heavy atom. The van der Waals surface area contributed by atoms with Gasteiger partial charge in [-0.2, -0.15) is 0 Å². The molecule has 7 nitrogen and oxygen atoms in total. The second-order valence-corrected chi connectivity index (χ2v) is 16.1. The highest BCUT2D eigenvalue weighted by molar-refractivity contribution is 7.90. The molecule has 2 aromatic rings. The van der Waals surface area contributed by atoms with Gasteiger partial charge in [0.05, 0.1) is 28.7 Å². The number of rotatable bonds is 1. The number of ether oxygens (including phenoxy) is 2. The average molecular weight is 643 g/mol. The molecule has 3 aliphatic carbocycles. The molecule has 236 valence electrons. The van der Waals surface area contributed by atoms with Crippen LogP contribution in [0.25, 0.3) is 0 Å². The van der Waals surface area contributed by atoms with Gasteiger partial charge in [-0.3, -0.25) is 4.79 Å². The first kappa shape index (κ1) is 30.1. The van der Waals surface area contributed by atoms with Gasteiger partial charge in [-0.15, -0.1) is 0 Å². The third kappa shape index (κ3) is 4.85. The number of hydrogen-bond acceptors (Lipinski definition) is 6. The summed E-state index contributed by atoms with van der Waals surface area (Å²) in [7, 11) is -2.16. The minimum Gasteiger partial charge on any atom is -0.490 e. The van der Waals surface area contributed by atoms with Crippen LogP contribution in [0.5, 0.6) is 5.75 Å². The van der Waals surface area contributed by atoms with Crippen LogP contribution in [-0.2, 0) is 26.6 Å². The molecule has 0 unspecified atom stereocenters. The van der Waals surface area contributed by atoms with Crippen LogP contribution in [0.1, 0.15) is 67.4 Å². The second kappa shape index (κ2) is 11.0. The number of anilines is 1. The SMILES string of the molecule is CO[C@H]1C2=C[C@H](C2)[C@H](C)[C@@H](C)S(=O)(=O)NC(=O)c2ccc3c(c2)N(C[C@@H]2CC[C@H]21)C[C@@]1(CCCc2c1ccc(Cl)c2F)CO3. The molecule has 3 heterocycles. The van der Waals surface area contributed by atoms with E-state index in [-0.39, 0.29) is 34.3 Å². The number of nitrogens with zero attached hydrogens (tertiary/aromatic N) is 1. The fraction of sp³-hybridized carbons (Fsp3) is 0.559. The van der Waals surface area contributed by atoms with Crippen molar-refractivity contribution in [1.82, 2.24) is 4.72 Å². The zero-order valence-corrected chi connectivity index (χ0v) is 27.0. The van der Waals surface area contributed by atoms with Gasteiger partial charge in [0, 0.05) is 31.2 Å². The maximum Gasteiger partial charge on any atom is 0.264 e. The molecule has 3 aliphatic heterocycles. The predicted molar refractivity (Wildman–Crippen MR) is 168 cm³/mol. The minimum atomic E-state index is -3.93. The van der Waals surface area contributed by atoms with Crippen molar-refractivity contribution in [2.24, 2.45) is 23.7 Å². The zero-order chi connectivity index (χ0) is 31.0. The molecule has 6 aliphatic rings. The summed E-state index contributed by atoms with van der Waals surface area (Å²) >= 11 is 6.21. The Bertz CT molecular complexity index is 1650. The van der Waals surface area contributed by atoms with Crippen molar-refractivity contribution in [3.05, 3.63) is 69.5 Å². The maximum atomic E-state index is 15.3. The summed E-state index contributed by atoms with van der Waals surface area (Å²) in [6.07, 6.45) is 7.38. The lowest BCUT2D eigenvalue weighted by atomic mass is 9.64. The highest BCUT2D eigenvalue weighted by Crippen LogP contribution is 2.49. The van der Waals surface area contributed by atoms with Gasteiger partial charge in [-0.1, -0.05) is 30.7 Å². The monoisotopic (exact) mass is 642 g/mol. The van der Waals surface area contributed by atoms with Crippen LogP contribution >= 0.6 is 11.6 Å². The van der Waals surface area contributed by atoms with Crippen LogP contribution in [-0.4, -0.2) is 52.5 Å². The standard InChI is InChI=1S/C34H40ClFN2O5S/c1-19-20(2)44(40,41)37-33(39)21-7-11-30-29(15-21)38(16-22-6-8-25(22)32(42-3)24-13-23(19)14-24)17-34(18-43-30)12-4-5-26-27(34)9-10-28(35)31(26)36/h7,9-11,13,15,19-20,22-23,25,32H,4-6,8,12,14,16-18H2,1-3H3,(H,37,39)/t19-,20-,22+,23-,25-,32+,34+/m1/s1. The molecule has 4 bridgehead atoms. The minimum absolute atomic E-state index is 0.00800. The summed E-state index contributed by atoms with van der Waals surface area (Å²) < 4.78 is 57.0. The smallest absolute Gasteiger partial charge is 0.264 e. The van der Waals surface area contributed by atoms with Crippen LogP contribution in [0.4, 0.5) is 10.1 Å². The van der Waals surface area contributed by atoms with Crippen LogP contribution < -0.4 is 14.4 Å². The van der Waals surface area contributed by atoms with Crippen LogP contribution in [0, 0.1) is 29.5 Å². The van der Waals surface area contributed by atoms with Crippen molar-refractivity contribution in [2.45, 2.75) is 69.1 Å². The number of carbonyl (C=O) groups is 1. The lowest BCUT2D eigenvalue weighted by Gasteiger charge is -2.48. The average Bonchev–Trinajstić information content (AvgIpc) is 3.11. The third-order valence-corrected chi connectivity index (χ3v) is 13.6. The molecule has 8 rings (SSSR count). The van der Waals surface area contributed by atoms with E-state index in [2.05, 4.69) is 15.7 Å². The van der Waals surface area contributed by atoms with Crippen LogP contribution in [0.3, 0.4) is 0 Å². The number of nitrogens with one attached hydrogen (secondary N) is 1. The van der Waals surface area contributed by atoms with E-state index in [0.717, 1.165) is 49.9 Å². The molecule has 7 atom stereocenters. The fourth-order valence-electron chi connectivity index (χ4n) is 8.37. The normalized spacial score (nSPS) is 34.2. The van der Waals surface area contributed by atoms with E-state index in [4.69, 9.17) is 21.1 Å². The van der Waals surface area contributed by atoms with Gasteiger partial charge in [-0.25, -0.2) is 17.5 Å². The van der Waals surface area contributed by atoms with Gasteiger partial charge in [0.25, 0.3) is 5.91 Å². The Kier molecular flexibility index (Phi) is 7.53. The quantitative estimate of drug-likeness (QED) is 0.382. The van der Waals surface area contributed by atoms with E-state index in [0.29, 0.717) is 42.7 Å². The molecule has 0 aromatic heterocycles. The van der Waals surface area contributed by atoms with Crippen LogP contribution in [0.15, 0.2) is 42.0 Å². The summed E-state index contributed by atoms with van der Waals surface area (Å²) in [5, 5.41) is -0.617. The summed E-state index contributed by atoms with van der Waals surface area (Å²) in [5.74, 6) is 0.284. The summed E-state index contributed by atoms with van der Waals surface area (Å²) in [5.41, 5.74) is 3.38. The van der Waals surface area contributed by atoms with Crippen LogP contribution in [0.2, 0.25) is 5.02 Å². The van der Waals surface area contributed by atoms with Crippen molar-refractivity contribution in [1.29, 1.82) is 0 Å². The number of sulfonamides is 1. The molecular formula is C34H40ClFN2O5S. The number of halogens is 2. The van der Waals surface area contributed by atoms with E-state index < -0.39 is 26.6 Å². The number of methoxy groups -OCH3 is 1. The Labute approximate surface area is 264 Å². The molecular weight excluding hydrogens is 603 g/mol. The van der Waals surface area contributed by atoms with Gasteiger partial charge < -0.3 is 14.4 Å². The first-order valence-corrected chi connectivity index (χ1v) is 17.7. The topological polar surface area (TPSA) is 84.9 Å².